The van der Waals surface area contributed by atoms with Crippen LogP contribution in [0.15, 0.2) is 66.7 Å². The maximum Gasteiger partial charge on any atom is 2.00 e. The number of rotatable bonds is 2. The van der Waals surface area contributed by atoms with Crippen molar-refractivity contribution < 1.29 is 26.7 Å². The minimum atomic E-state index is -0.239. The number of amides is 2. The molecule has 2 saturated carbocycles. The SMILES string of the molecule is C(#Cc1ccc2ccc3cccc4ccc1c2c34)[C]1[CH][CH][CH][CH]1.CC(=O)Nc1cc(C#C[C]2[CH][CH][CH][CH]2)cc(NC(C)=O)n1.[Fe+2]. The zero-order valence-corrected chi connectivity index (χ0v) is 25.7. The van der Waals surface area contributed by atoms with Gasteiger partial charge in [-0.3, -0.25) is 9.59 Å². The van der Waals surface area contributed by atoms with Crippen molar-refractivity contribution in [3.63, 3.8) is 0 Å². The Balaban J connectivity index is 0.000000175. The van der Waals surface area contributed by atoms with Crippen LogP contribution in [0.5, 0.6) is 0 Å². The minimum Gasteiger partial charge on any atom is -0.311 e. The third-order valence-corrected chi connectivity index (χ3v) is 6.98. The number of aromatic nitrogens is 1. The van der Waals surface area contributed by atoms with Crippen molar-refractivity contribution in [2.75, 3.05) is 10.6 Å². The summed E-state index contributed by atoms with van der Waals surface area (Å²) in [6.07, 6.45) is 15.7. The number of benzene rings is 4. The molecule has 5 nitrogen and oxygen atoms in total. The molecule has 2 amide bonds. The number of nitrogens with one attached hydrogen (secondary N) is 2. The van der Waals surface area contributed by atoms with E-state index in [1.165, 1.54) is 46.2 Å². The van der Waals surface area contributed by atoms with Crippen LogP contribution in [-0.2, 0) is 26.7 Å². The van der Waals surface area contributed by atoms with Crippen LogP contribution >= 0.6 is 0 Å². The van der Waals surface area contributed by atoms with E-state index in [1.807, 2.05) is 51.4 Å². The van der Waals surface area contributed by atoms with Crippen LogP contribution in [0, 0.1) is 86.9 Å². The molecule has 0 spiro atoms. The second kappa shape index (κ2) is 14.6. The number of hydrogen-bond donors (Lipinski definition) is 2. The van der Waals surface area contributed by atoms with Crippen molar-refractivity contribution in [2.24, 2.45) is 0 Å². The third-order valence-electron chi connectivity index (χ3n) is 6.98. The molecule has 2 aliphatic carbocycles. The molecule has 1 heterocycles. The van der Waals surface area contributed by atoms with Crippen LogP contribution in [0.4, 0.5) is 11.6 Å². The first-order valence-corrected chi connectivity index (χ1v) is 14.1. The Labute approximate surface area is 275 Å². The predicted molar refractivity (Wildman–Crippen MR) is 178 cm³/mol. The molecule has 0 unspecified atom stereocenters. The van der Waals surface area contributed by atoms with E-state index in [-0.39, 0.29) is 28.9 Å². The molecule has 5 aromatic rings. The number of carbonyl (C=O) groups excluding carboxylic acids is 2. The van der Waals surface area contributed by atoms with E-state index in [4.69, 9.17) is 0 Å². The molecular weight excluding hydrogens is 598 g/mol. The normalized spacial score (nSPS) is 14.5. The Morgan fingerprint density at radius 3 is 1.64 bits per heavy atom. The van der Waals surface area contributed by atoms with Crippen LogP contribution in [0.1, 0.15) is 25.0 Å². The molecule has 7 rings (SSSR count). The summed E-state index contributed by atoms with van der Waals surface area (Å²) < 4.78 is 0. The Morgan fingerprint density at radius 1 is 0.600 bits per heavy atom. The summed E-state index contributed by atoms with van der Waals surface area (Å²) in [5.74, 6) is 14.8. The summed E-state index contributed by atoms with van der Waals surface area (Å²) in [5.41, 5.74) is 1.75. The van der Waals surface area contributed by atoms with E-state index in [0.717, 1.165) is 17.4 Å². The topological polar surface area (TPSA) is 71.1 Å². The maximum absolute atomic E-state index is 11.1. The fourth-order valence-electron chi connectivity index (χ4n) is 5.13. The van der Waals surface area contributed by atoms with Gasteiger partial charge in [0.05, 0.1) is 11.8 Å². The van der Waals surface area contributed by atoms with Crippen molar-refractivity contribution in [1.82, 2.24) is 4.98 Å². The van der Waals surface area contributed by atoms with Crippen LogP contribution in [0.3, 0.4) is 0 Å². The van der Waals surface area contributed by atoms with Crippen molar-refractivity contribution >= 4 is 55.8 Å². The molecule has 4 aromatic carbocycles. The summed E-state index contributed by atoms with van der Waals surface area (Å²) in [6, 6.07) is 23.0. The molecule has 1 aromatic heterocycles. The average Bonchev–Trinajstić information content (AvgIpc) is 3.73. The van der Waals surface area contributed by atoms with E-state index >= 15 is 0 Å². The Morgan fingerprint density at radius 2 is 1.09 bits per heavy atom. The Bertz CT molecular complexity index is 1920. The molecule has 2 aliphatic rings. The van der Waals surface area contributed by atoms with Crippen LogP contribution in [0.25, 0.3) is 32.3 Å². The number of carbonyl (C=O) groups is 2. The molecule has 6 heteroatoms. The summed E-state index contributed by atoms with van der Waals surface area (Å²) in [7, 11) is 0. The van der Waals surface area contributed by atoms with E-state index < -0.39 is 0 Å². The van der Waals surface area contributed by atoms with E-state index in [9.17, 15) is 9.59 Å². The van der Waals surface area contributed by atoms with Crippen molar-refractivity contribution in [3.8, 4) is 23.7 Å². The smallest absolute Gasteiger partial charge is 0.311 e. The largest absolute Gasteiger partial charge is 2.00 e. The quantitative estimate of drug-likeness (QED) is 0.125. The molecule has 216 valence electrons. The second-order valence-electron chi connectivity index (χ2n) is 10.3. The summed E-state index contributed by atoms with van der Waals surface area (Å²) in [5, 5.41) is 12.9. The van der Waals surface area contributed by atoms with Gasteiger partial charge < -0.3 is 10.6 Å². The fourth-order valence-corrected chi connectivity index (χ4v) is 5.13. The van der Waals surface area contributed by atoms with Crippen LogP contribution in [0.2, 0.25) is 0 Å². The monoisotopic (exact) mass is 625 g/mol. The van der Waals surface area contributed by atoms with Gasteiger partial charge in [-0.15, -0.1) is 0 Å². The van der Waals surface area contributed by atoms with Gasteiger partial charge in [0, 0.05) is 25.0 Å². The van der Waals surface area contributed by atoms with Gasteiger partial charge in [-0.05, 0) is 102 Å². The van der Waals surface area contributed by atoms with Gasteiger partial charge >= 0.3 is 17.1 Å². The Hall–Kier alpha value is -4.35. The molecule has 10 radical (unpaired) electrons. The van der Waals surface area contributed by atoms with Crippen molar-refractivity contribution in [1.29, 1.82) is 0 Å². The first-order chi connectivity index (χ1) is 21.4. The van der Waals surface area contributed by atoms with Gasteiger partial charge in [0.1, 0.15) is 11.6 Å². The molecule has 0 bridgehead atoms. The molecule has 0 atom stereocenters. The van der Waals surface area contributed by atoms with Gasteiger partial charge in [-0.25, -0.2) is 4.98 Å². The first-order valence-electron chi connectivity index (χ1n) is 14.1. The summed E-state index contributed by atoms with van der Waals surface area (Å²) in [6.45, 7) is 2.78. The first kappa shape index (κ1) is 32.1. The van der Waals surface area contributed by atoms with Gasteiger partial charge in [0.25, 0.3) is 0 Å². The van der Waals surface area contributed by atoms with Gasteiger partial charge in [0.2, 0.25) is 11.8 Å². The standard InChI is InChI=1S/C23H13.C16H14N3O2.Fe/c1-2-5-16(4-1)8-9-17-10-11-20-13-12-18-6-3-7-19-14-15-21(17)23(20)22(18)19;1-11(20)17-15-9-14(8-7-13-5-3-4-6-13)10-16(19-15)18-12(2)21;/h1-7,10-15H;3-6,9-10H,1-2H3,(H2,17,18,19,20,21);/q;;+2. The number of hydrogen-bond acceptors (Lipinski definition) is 3. The van der Waals surface area contributed by atoms with Crippen molar-refractivity contribution in [2.45, 2.75) is 13.8 Å². The van der Waals surface area contributed by atoms with E-state index in [0.29, 0.717) is 17.2 Å². The zero-order chi connectivity index (χ0) is 30.5. The zero-order valence-electron chi connectivity index (χ0n) is 24.6. The van der Waals surface area contributed by atoms with E-state index in [2.05, 4.69) is 93.9 Å². The number of nitrogens with zero attached hydrogens (tertiary/aromatic N) is 1. The molecule has 45 heavy (non-hydrogen) atoms. The Kier molecular flexibility index (Phi) is 10.4. The summed E-state index contributed by atoms with van der Waals surface area (Å²) in [4.78, 5) is 26.4. The van der Waals surface area contributed by atoms with Gasteiger partial charge in [-0.2, -0.15) is 0 Å². The molecular formula is C39H27FeN3O2+2. The molecule has 0 saturated heterocycles. The summed E-state index contributed by atoms with van der Waals surface area (Å²) >= 11 is 0. The molecule has 2 N–H and O–H groups in total. The van der Waals surface area contributed by atoms with Crippen LogP contribution < -0.4 is 10.6 Å². The predicted octanol–water partition coefficient (Wildman–Crippen LogP) is 7.09. The maximum atomic E-state index is 11.1. The fraction of sp³-hybridized carbons (Fsp3) is 0.0513. The molecule has 2 fully saturated rings. The number of anilines is 2. The van der Waals surface area contributed by atoms with E-state index in [1.54, 1.807) is 12.1 Å². The minimum absolute atomic E-state index is 0. The van der Waals surface area contributed by atoms with Crippen LogP contribution in [-0.4, -0.2) is 16.8 Å². The molecule has 0 aliphatic heterocycles. The second-order valence-corrected chi connectivity index (χ2v) is 10.3. The number of pyridine rings is 1. The van der Waals surface area contributed by atoms with Crippen molar-refractivity contribution in [3.05, 3.63) is 141 Å². The van der Waals surface area contributed by atoms with Gasteiger partial charge in [-0.1, -0.05) is 72.2 Å². The third kappa shape index (κ3) is 7.84. The van der Waals surface area contributed by atoms with Gasteiger partial charge in [0.15, 0.2) is 0 Å². The average molecular weight is 626 g/mol.